The van der Waals surface area contributed by atoms with Crippen LogP contribution < -0.4 is 5.73 Å². The molecule has 5 fully saturated rings. The van der Waals surface area contributed by atoms with Crippen LogP contribution in [-0.4, -0.2) is 43.8 Å². The van der Waals surface area contributed by atoms with Gasteiger partial charge in [0.25, 0.3) is 0 Å². The molecular weight excluding hydrogens is 248 g/mol. The Kier molecular flexibility index (Phi) is 3.36. The Morgan fingerprint density at radius 2 is 1.75 bits per heavy atom. The number of nitrogens with zero attached hydrogens (tertiary/aromatic N) is 1. The molecule has 0 spiro atoms. The summed E-state index contributed by atoms with van der Waals surface area (Å²) in [5.41, 5.74) is 7.25. The average Bonchev–Trinajstić information content (AvgIpc) is 2.90. The predicted octanol–water partition coefficient (Wildman–Crippen LogP) is 2.25. The quantitative estimate of drug-likeness (QED) is 0.857. The highest BCUT2D eigenvalue weighted by Gasteiger charge is 2.53. The Hall–Kier alpha value is -0.120. The molecule has 2 atom stereocenters. The molecule has 1 heterocycles. The molecule has 4 bridgehead atoms. The van der Waals surface area contributed by atoms with E-state index in [2.05, 4.69) is 11.9 Å². The van der Waals surface area contributed by atoms with Gasteiger partial charge in [0.1, 0.15) is 0 Å². The van der Waals surface area contributed by atoms with E-state index in [-0.39, 0.29) is 0 Å². The van der Waals surface area contributed by atoms with Crippen LogP contribution in [0.25, 0.3) is 0 Å². The van der Waals surface area contributed by atoms with Crippen LogP contribution in [0.2, 0.25) is 0 Å². The topological polar surface area (TPSA) is 38.5 Å². The van der Waals surface area contributed by atoms with Crippen molar-refractivity contribution in [1.29, 1.82) is 0 Å². The van der Waals surface area contributed by atoms with E-state index >= 15 is 0 Å². The summed E-state index contributed by atoms with van der Waals surface area (Å²) in [5.74, 6) is 3.02. The summed E-state index contributed by atoms with van der Waals surface area (Å²) in [6, 6.07) is 0.983. The van der Waals surface area contributed by atoms with Crippen molar-refractivity contribution in [2.45, 2.75) is 57.0 Å². The number of likely N-dealkylation sites (N-methyl/N-ethyl adjacent to an activating group) is 1. The monoisotopic (exact) mass is 278 g/mol. The van der Waals surface area contributed by atoms with Gasteiger partial charge in [0.15, 0.2) is 0 Å². The van der Waals surface area contributed by atoms with Gasteiger partial charge in [0.2, 0.25) is 0 Å². The van der Waals surface area contributed by atoms with Crippen molar-refractivity contribution in [3.8, 4) is 0 Å². The van der Waals surface area contributed by atoms with E-state index in [1.165, 1.54) is 44.9 Å². The van der Waals surface area contributed by atoms with Gasteiger partial charge in [-0.15, -0.1) is 0 Å². The van der Waals surface area contributed by atoms with Gasteiger partial charge in [-0.3, -0.25) is 4.90 Å². The molecule has 1 aliphatic heterocycles. The molecule has 3 heteroatoms. The Bertz CT molecular complexity index is 329. The lowest BCUT2D eigenvalue weighted by Crippen LogP contribution is -2.58. The molecule has 20 heavy (non-hydrogen) atoms. The summed E-state index contributed by atoms with van der Waals surface area (Å²) in [6.45, 7) is 2.91. The molecule has 4 aliphatic carbocycles. The predicted molar refractivity (Wildman–Crippen MR) is 80.4 cm³/mol. The normalized spacial score (nSPS) is 48.1. The minimum Gasteiger partial charge on any atom is -0.380 e. The highest BCUT2D eigenvalue weighted by Crippen LogP contribution is 2.61. The highest BCUT2D eigenvalue weighted by atomic mass is 16.5. The molecular formula is C17H30N2O. The van der Waals surface area contributed by atoms with E-state index in [4.69, 9.17) is 10.5 Å². The van der Waals surface area contributed by atoms with Crippen molar-refractivity contribution in [2.75, 3.05) is 26.8 Å². The first-order chi connectivity index (χ1) is 9.64. The lowest BCUT2D eigenvalue weighted by molar-refractivity contribution is -0.0720. The van der Waals surface area contributed by atoms with Gasteiger partial charge >= 0.3 is 0 Å². The molecule has 0 aromatic carbocycles. The Morgan fingerprint density at radius 3 is 2.25 bits per heavy atom. The summed E-state index contributed by atoms with van der Waals surface area (Å²) in [4.78, 5) is 2.48. The van der Waals surface area contributed by atoms with E-state index in [1.54, 1.807) is 0 Å². The standard InChI is InChI=1S/C17H30N2O/c1-19(15-2-3-20-11-15)10-16(18)17-7-12-4-13(8-17)6-14(5-12)9-17/h12-16H,2-11,18H2,1H3. The molecule has 4 saturated carbocycles. The second-order valence-corrected chi connectivity index (χ2v) is 8.34. The molecule has 3 nitrogen and oxygen atoms in total. The van der Waals surface area contributed by atoms with Crippen molar-refractivity contribution < 1.29 is 4.74 Å². The molecule has 2 unspecified atom stereocenters. The van der Waals surface area contributed by atoms with Crippen molar-refractivity contribution in [1.82, 2.24) is 4.90 Å². The van der Waals surface area contributed by atoms with Gasteiger partial charge in [-0.25, -0.2) is 0 Å². The van der Waals surface area contributed by atoms with Crippen molar-refractivity contribution in [2.24, 2.45) is 28.9 Å². The van der Waals surface area contributed by atoms with E-state index in [0.29, 0.717) is 17.5 Å². The number of hydrogen-bond acceptors (Lipinski definition) is 3. The van der Waals surface area contributed by atoms with Crippen molar-refractivity contribution >= 4 is 0 Å². The van der Waals surface area contributed by atoms with Crippen LogP contribution in [0.1, 0.15) is 44.9 Å². The van der Waals surface area contributed by atoms with Crippen molar-refractivity contribution in [3.63, 3.8) is 0 Å². The Labute approximate surface area is 123 Å². The Morgan fingerprint density at radius 1 is 1.15 bits per heavy atom. The number of nitrogens with two attached hydrogens (primary N) is 1. The third-order valence-electron chi connectivity index (χ3n) is 6.89. The van der Waals surface area contributed by atoms with Gasteiger partial charge in [0, 0.05) is 25.2 Å². The summed E-state index contributed by atoms with van der Waals surface area (Å²) in [6.07, 6.45) is 10.00. The minimum atomic E-state index is 0.376. The fourth-order valence-corrected chi connectivity index (χ4v) is 6.15. The van der Waals surface area contributed by atoms with E-state index in [1.807, 2.05) is 0 Å². The molecule has 5 rings (SSSR count). The number of rotatable bonds is 4. The molecule has 1 saturated heterocycles. The molecule has 5 aliphatic rings. The molecule has 114 valence electrons. The molecule has 0 aromatic heterocycles. The van der Waals surface area contributed by atoms with Crippen LogP contribution in [0.5, 0.6) is 0 Å². The molecule has 0 aromatic rings. The molecule has 0 amide bonds. The fraction of sp³-hybridized carbons (Fsp3) is 1.00. The third kappa shape index (κ3) is 2.22. The molecule has 0 radical (unpaired) electrons. The summed E-state index contributed by atoms with van der Waals surface area (Å²) >= 11 is 0. The van der Waals surface area contributed by atoms with Crippen LogP contribution in [0.4, 0.5) is 0 Å². The maximum Gasteiger partial charge on any atom is 0.0622 e. The zero-order chi connectivity index (χ0) is 13.7. The Balaban J connectivity index is 1.43. The number of hydrogen-bond donors (Lipinski definition) is 1. The fourth-order valence-electron chi connectivity index (χ4n) is 6.15. The maximum absolute atomic E-state index is 6.76. The van der Waals surface area contributed by atoms with E-state index in [0.717, 1.165) is 37.5 Å². The molecule has 2 N–H and O–H groups in total. The van der Waals surface area contributed by atoms with Crippen LogP contribution >= 0.6 is 0 Å². The van der Waals surface area contributed by atoms with Crippen molar-refractivity contribution in [3.05, 3.63) is 0 Å². The van der Waals surface area contributed by atoms with Gasteiger partial charge in [-0.1, -0.05) is 0 Å². The first-order valence-electron chi connectivity index (χ1n) is 8.68. The second-order valence-electron chi connectivity index (χ2n) is 8.34. The summed E-state index contributed by atoms with van der Waals surface area (Å²) in [5, 5.41) is 0. The SMILES string of the molecule is CN(CC(N)C12CC3CC(CC(C3)C1)C2)C1CCOC1. The largest absolute Gasteiger partial charge is 0.380 e. The summed E-state index contributed by atoms with van der Waals surface area (Å²) in [7, 11) is 2.25. The smallest absolute Gasteiger partial charge is 0.0622 e. The zero-order valence-corrected chi connectivity index (χ0v) is 12.9. The van der Waals surface area contributed by atoms with Gasteiger partial charge < -0.3 is 10.5 Å². The maximum atomic E-state index is 6.76. The van der Waals surface area contributed by atoms with Crippen LogP contribution in [0.15, 0.2) is 0 Å². The van der Waals surface area contributed by atoms with E-state index < -0.39 is 0 Å². The van der Waals surface area contributed by atoms with Crippen LogP contribution in [0, 0.1) is 23.2 Å². The second kappa shape index (κ2) is 4.96. The minimum absolute atomic E-state index is 0.376. The zero-order valence-electron chi connectivity index (χ0n) is 12.9. The number of ether oxygens (including phenoxy) is 1. The lowest BCUT2D eigenvalue weighted by Gasteiger charge is -2.59. The van der Waals surface area contributed by atoms with E-state index in [9.17, 15) is 0 Å². The van der Waals surface area contributed by atoms with Gasteiger partial charge in [0.05, 0.1) is 6.61 Å². The van der Waals surface area contributed by atoms with Crippen LogP contribution in [0.3, 0.4) is 0 Å². The first-order valence-corrected chi connectivity index (χ1v) is 8.68. The lowest BCUT2D eigenvalue weighted by atomic mass is 9.48. The average molecular weight is 278 g/mol. The highest BCUT2D eigenvalue weighted by molar-refractivity contribution is 5.06. The van der Waals surface area contributed by atoms with Gasteiger partial charge in [-0.05, 0) is 75.2 Å². The summed E-state index contributed by atoms with van der Waals surface area (Å²) < 4.78 is 5.53. The van der Waals surface area contributed by atoms with Gasteiger partial charge in [-0.2, -0.15) is 0 Å². The first kappa shape index (κ1) is 13.5. The third-order valence-corrected chi connectivity index (χ3v) is 6.89. The van der Waals surface area contributed by atoms with Crippen LogP contribution in [-0.2, 0) is 4.74 Å².